The van der Waals surface area contributed by atoms with E-state index in [4.69, 9.17) is 13.9 Å². The van der Waals surface area contributed by atoms with E-state index in [0.717, 1.165) is 43.1 Å². The molecule has 0 saturated carbocycles. The molecule has 2 heterocycles. The lowest BCUT2D eigenvalue weighted by Gasteiger charge is -2.21. The van der Waals surface area contributed by atoms with Crippen molar-refractivity contribution in [3.8, 4) is 17.1 Å². The van der Waals surface area contributed by atoms with Gasteiger partial charge in [-0.2, -0.15) is 0 Å². The number of furan rings is 1. The Kier molecular flexibility index (Phi) is 7.45. The number of carbonyl (C=O) groups is 1. The topological polar surface area (TPSA) is 51.9 Å². The first-order valence-electron chi connectivity index (χ1n) is 11.4. The Balaban J connectivity index is 1.39. The zero-order valence-electron chi connectivity index (χ0n) is 19.2. The van der Waals surface area contributed by atoms with Crippen LogP contribution in [-0.4, -0.2) is 37.2 Å². The van der Waals surface area contributed by atoms with E-state index < -0.39 is 6.67 Å². The molecular formula is C27H30FNO4. The predicted molar refractivity (Wildman–Crippen MR) is 125 cm³/mol. The van der Waals surface area contributed by atoms with Crippen LogP contribution in [0.25, 0.3) is 11.3 Å². The molecule has 0 N–H and O–H groups in total. The van der Waals surface area contributed by atoms with Crippen LogP contribution in [0.1, 0.15) is 42.2 Å². The molecule has 6 heteroatoms. The quantitative estimate of drug-likeness (QED) is 0.422. The number of esters is 1. The number of hydrogen-bond donors (Lipinski definition) is 0. The van der Waals surface area contributed by atoms with Gasteiger partial charge in [-0.3, -0.25) is 4.90 Å². The normalized spacial score (nSPS) is 16.2. The minimum atomic E-state index is -0.460. The highest BCUT2D eigenvalue weighted by atomic mass is 19.1. The van der Waals surface area contributed by atoms with E-state index in [-0.39, 0.29) is 12.6 Å². The molecular weight excluding hydrogens is 421 g/mol. The zero-order valence-corrected chi connectivity index (χ0v) is 19.2. The second-order valence-corrected chi connectivity index (χ2v) is 8.44. The summed E-state index contributed by atoms with van der Waals surface area (Å²) in [6.45, 7) is 6.36. The number of nitrogens with zero attached hydrogens (tertiary/aromatic N) is 1. The van der Waals surface area contributed by atoms with Crippen LogP contribution >= 0.6 is 0 Å². The minimum absolute atomic E-state index is 0.0789. The number of benzene rings is 2. The van der Waals surface area contributed by atoms with E-state index in [1.165, 1.54) is 11.1 Å². The lowest BCUT2D eigenvalue weighted by Crippen LogP contribution is -2.27. The predicted octanol–water partition coefficient (Wildman–Crippen LogP) is 5.52. The van der Waals surface area contributed by atoms with Crippen LogP contribution in [0.5, 0.6) is 5.75 Å². The summed E-state index contributed by atoms with van der Waals surface area (Å²) >= 11 is 0. The van der Waals surface area contributed by atoms with Gasteiger partial charge >= 0.3 is 5.97 Å². The fourth-order valence-electron chi connectivity index (χ4n) is 4.29. The van der Waals surface area contributed by atoms with Gasteiger partial charge in [-0.05, 0) is 60.2 Å². The highest BCUT2D eigenvalue weighted by Gasteiger charge is 2.22. The zero-order chi connectivity index (χ0) is 23.2. The highest BCUT2D eigenvalue weighted by molar-refractivity contribution is 5.71. The van der Waals surface area contributed by atoms with Crippen molar-refractivity contribution in [1.82, 2.24) is 4.90 Å². The van der Waals surface area contributed by atoms with Gasteiger partial charge in [-0.25, -0.2) is 9.18 Å². The first kappa shape index (κ1) is 23.1. The number of rotatable bonds is 8. The second-order valence-electron chi connectivity index (χ2n) is 8.44. The standard InChI is InChI=1S/C27H30FNO4/c1-3-31-27(30)18-32-23-9-8-21-12-13-29(16-19(2)25(21)14-23)17-24-10-11-26(33-24)22-6-4-20(15-28)5-7-22/h4-11,14,19H,3,12-13,15-18H2,1-2H3. The Morgan fingerprint density at radius 2 is 1.97 bits per heavy atom. The monoisotopic (exact) mass is 451 g/mol. The van der Waals surface area contributed by atoms with E-state index in [1.807, 2.05) is 30.3 Å². The summed E-state index contributed by atoms with van der Waals surface area (Å²) in [7, 11) is 0. The Morgan fingerprint density at radius 1 is 1.15 bits per heavy atom. The third-order valence-electron chi connectivity index (χ3n) is 5.97. The van der Waals surface area contributed by atoms with Crippen molar-refractivity contribution >= 4 is 5.97 Å². The first-order valence-corrected chi connectivity index (χ1v) is 11.4. The molecule has 174 valence electrons. The third-order valence-corrected chi connectivity index (χ3v) is 5.97. The number of ether oxygens (including phenoxy) is 2. The SMILES string of the molecule is CCOC(=O)COc1ccc2c(c1)C(C)CN(Cc1ccc(-c3ccc(CF)cc3)o1)CC2. The summed E-state index contributed by atoms with van der Waals surface area (Å²) in [5.41, 5.74) is 4.18. The summed E-state index contributed by atoms with van der Waals surface area (Å²) in [5.74, 6) is 2.36. The summed E-state index contributed by atoms with van der Waals surface area (Å²) < 4.78 is 29.4. The molecule has 0 spiro atoms. The fraction of sp³-hybridized carbons (Fsp3) is 0.370. The lowest BCUT2D eigenvalue weighted by atomic mass is 9.95. The molecule has 3 aromatic rings. The van der Waals surface area contributed by atoms with Crippen molar-refractivity contribution in [2.24, 2.45) is 0 Å². The molecule has 5 nitrogen and oxygen atoms in total. The maximum atomic E-state index is 12.8. The molecule has 33 heavy (non-hydrogen) atoms. The largest absolute Gasteiger partial charge is 0.482 e. The molecule has 1 aromatic heterocycles. The maximum absolute atomic E-state index is 12.8. The maximum Gasteiger partial charge on any atom is 0.344 e. The summed E-state index contributed by atoms with van der Waals surface area (Å²) in [5, 5.41) is 0. The van der Waals surface area contributed by atoms with Gasteiger partial charge in [0, 0.05) is 18.7 Å². The highest BCUT2D eigenvalue weighted by Crippen LogP contribution is 2.30. The number of alkyl halides is 1. The second kappa shape index (κ2) is 10.7. The molecule has 0 amide bonds. The average molecular weight is 452 g/mol. The molecule has 4 rings (SSSR count). The van der Waals surface area contributed by atoms with Crippen LogP contribution in [0.3, 0.4) is 0 Å². The van der Waals surface area contributed by atoms with Gasteiger partial charge in [-0.15, -0.1) is 0 Å². The molecule has 1 aliphatic heterocycles. The van der Waals surface area contributed by atoms with Gasteiger partial charge in [-0.1, -0.05) is 37.3 Å². The molecule has 0 aliphatic carbocycles. The summed E-state index contributed by atoms with van der Waals surface area (Å²) in [6.07, 6.45) is 0.941. The minimum Gasteiger partial charge on any atom is -0.482 e. The number of halogens is 1. The van der Waals surface area contributed by atoms with Gasteiger partial charge < -0.3 is 13.9 Å². The van der Waals surface area contributed by atoms with Gasteiger partial charge in [0.2, 0.25) is 0 Å². The Labute approximate surface area is 194 Å². The van der Waals surface area contributed by atoms with Crippen molar-refractivity contribution in [2.75, 3.05) is 26.3 Å². The van der Waals surface area contributed by atoms with Crippen molar-refractivity contribution in [2.45, 2.75) is 39.4 Å². The van der Waals surface area contributed by atoms with Crippen LogP contribution in [-0.2, 0) is 29.2 Å². The molecule has 0 bridgehead atoms. The van der Waals surface area contributed by atoms with E-state index in [1.54, 1.807) is 19.1 Å². The average Bonchev–Trinajstić information content (AvgIpc) is 3.23. The molecule has 1 aliphatic rings. The van der Waals surface area contributed by atoms with Crippen LogP contribution in [0.15, 0.2) is 59.0 Å². The van der Waals surface area contributed by atoms with Gasteiger partial charge in [0.05, 0.1) is 13.2 Å². The Hall–Kier alpha value is -3.12. The Morgan fingerprint density at radius 3 is 2.73 bits per heavy atom. The van der Waals surface area contributed by atoms with E-state index in [9.17, 15) is 9.18 Å². The molecule has 0 saturated heterocycles. The van der Waals surface area contributed by atoms with Crippen molar-refractivity contribution in [3.05, 3.63) is 77.0 Å². The van der Waals surface area contributed by atoms with Gasteiger partial charge in [0.1, 0.15) is 23.9 Å². The smallest absolute Gasteiger partial charge is 0.344 e. The fourth-order valence-corrected chi connectivity index (χ4v) is 4.29. The summed E-state index contributed by atoms with van der Waals surface area (Å²) in [4.78, 5) is 14.0. The van der Waals surface area contributed by atoms with Crippen molar-refractivity contribution < 1.29 is 23.1 Å². The van der Waals surface area contributed by atoms with Crippen LogP contribution in [0.4, 0.5) is 4.39 Å². The van der Waals surface area contributed by atoms with Gasteiger partial charge in [0.15, 0.2) is 6.61 Å². The lowest BCUT2D eigenvalue weighted by molar-refractivity contribution is -0.145. The van der Waals surface area contributed by atoms with Gasteiger partial charge in [0.25, 0.3) is 0 Å². The van der Waals surface area contributed by atoms with Crippen LogP contribution in [0, 0.1) is 0 Å². The van der Waals surface area contributed by atoms with E-state index >= 15 is 0 Å². The molecule has 0 fully saturated rings. The number of carbonyl (C=O) groups excluding carboxylic acids is 1. The van der Waals surface area contributed by atoms with Crippen LogP contribution < -0.4 is 4.74 Å². The molecule has 1 unspecified atom stereocenters. The third kappa shape index (κ3) is 5.82. The number of fused-ring (bicyclic) bond motifs is 1. The number of hydrogen-bond acceptors (Lipinski definition) is 5. The summed E-state index contributed by atoms with van der Waals surface area (Å²) in [6, 6.07) is 17.4. The van der Waals surface area contributed by atoms with Crippen LogP contribution in [0.2, 0.25) is 0 Å². The van der Waals surface area contributed by atoms with Crippen molar-refractivity contribution in [3.63, 3.8) is 0 Å². The molecule has 0 radical (unpaired) electrons. The van der Waals surface area contributed by atoms with E-state index in [2.05, 4.69) is 24.0 Å². The first-order chi connectivity index (χ1) is 16.1. The molecule has 2 aromatic carbocycles. The Bertz CT molecular complexity index is 1080. The molecule has 1 atom stereocenters. The van der Waals surface area contributed by atoms with E-state index in [0.29, 0.717) is 23.8 Å². The van der Waals surface area contributed by atoms with Crippen molar-refractivity contribution in [1.29, 1.82) is 0 Å².